The summed E-state index contributed by atoms with van der Waals surface area (Å²) in [6, 6.07) is 3.32. The van der Waals surface area contributed by atoms with E-state index in [9.17, 15) is 23.5 Å². The number of amides is 1. The van der Waals surface area contributed by atoms with Gasteiger partial charge in [0.1, 0.15) is 11.6 Å². The van der Waals surface area contributed by atoms with Crippen LogP contribution in [-0.4, -0.2) is 48.2 Å². The molecule has 1 amide bonds. The van der Waals surface area contributed by atoms with Crippen molar-refractivity contribution in [3.63, 3.8) is 0 Å². The minimum atomic E-state index is -1.09. The molecular formula is C19H23F2NO4. The van der Waals surface area contributed by atoms with Crippen molar-refractivity contribution in [2.45, 2.75) is 31.6 Å². The van der Waals surface area contributed by atoms with Crippen LogP contribution in [0.3, 0.4) is 0 Å². The van der Waals surface area contributed by atoms with Crippen molar-refractivity contribution in [2.24, 2.45) is 11.8 Å². The van der Waals surface area contributed by atoms with Gasteiger partial charge in [-0.1, -0.05) is 13.0 Å². The highest BCUT2D eigenvalue weighted by Crippen LogP contribution is 2.39. The van der Waals surface area contributed by atoms with E-state index in [2.05, 4.69) is 0 Å². The number of nitrogens with zero attached hydrogens (tertiary/aromatic N) is 1. The molecule has 0 spiro atoms. The Morgan fingerprint density at radius 2 is 1.96 bits per heavy atom. The molecule has 2 atom stereocenters. The molecule has 0 aromatic heterocycles. The lowest BCUT2D eigenvalue weighted by Gasteiger charge is -2.43. The number of carboxylic acid groups (broad SMARTS) is 1. The molecule has 2 saturated heterocycles. The van der Waals surface area contributed by atoms with Crippen LogP contribution in [0, 0.1) is 23.5 Å². The van der Waals surface area contributed by atoms with Crippen molar-refractivity contribution in [1.82, 2.24) is 4.90 Å². The predicted molar refractivity (Wildman–Crippen MR) is 89.6 cm³/mol. The first-order valence-corrected chi connectivity index (χ1v) is 8.90. The van der Waals surface area contributed by atoms with Gasteiger partial charge in [0.15, 0.2) is 0 Å². The van der Waals surface area contributed by atoms with Crippen molar-refractivity contribution in [2.75, 3.05) is 26.3 Å². The lowest BCUT2D eigenvalue weighted by Crippen LogP contribution is -2.54. The topological polar surface area (TPSA) is 66.8 Å². The molecule has 1 N–H and O–H groups in total. The SMILES string of the molecule is CC1CN(C(=O)C2(c3ccc(F)cc3F)CCOCC2)CCC1C(=O)O. The Morgan fingerprint density at radius 3 is 2.54 bits per heavy atom. The summed E-state index contributed by atoms with van der Waals surface area (Å²) in [6.07, 6.45) is 1.02. The standard InChI is InChI=1S/C19H23F2NO4/c1-12-11-22(7-4-14(12)17(23)24)18(25)19(5-8-26-9-6-19)15-3-2-13(20)10-16(15)21/h2-3,10,12,14H,4-9,11H2,1H3,(H,23,24). The molecular weight excluding hydrogens is 344 g/mol. The first-order chi connectivity index (χ1) is 12.3. The molecule has 142 valence electrons. The maximum atomic E-state index is 14.5. The molecule has 0 aliphatic carbocycles. The number of aliphatic carboxylic acids is 1. The molecule has 2 unspecified atom stereocenters. The number of hydrogen-bond donors (Lipinski definition) is 1. The summed E-state index contributed by atoms with van der Waals surface area (Å²) >= 11 is 0. The zero-order valence-electron chi connectivity index (χ0n) is 14.7. The highest BCUT2D eigenvalue weighted by atomic mass is 19.1. The van der Waals surface area contributed by atoms with E-state index >= 15 is 0 Å². The average Bonchev–Trinajstić information content (AvgIpc) is 2.61. The number of ether oxygens (including phenoxy) is 1. The van der Waals surface area contributed by atoms with Gasteiger partial charge < -0.3 is 14.7 Å². The third kappa shape index (κ3) is 3.32. The molecule has 7 heteroatoms. The monoisotopic (exact) mass is 367 g/mol. The van der Waals surface area contributed by atoms with Crippen molar-refractivity contribution in [3.8, 4) is 0 Å². The number of carbonyl (C=O) groups excluding carboxylic acids is 1. The minimum absolute atomic E-state index is 0.180. The maximum absolute atomic E-state index is 14.5. The van der Waals surface area contributed by atoms with Gasteiger partial charge in [-0.05, 0) is 31.2 Å². The van der Waals surface area contributed by atoms with Crippen molar-refractivity contribution < 1.29 is 28.2 Å². The van der Waals surface area contributed by atoms with E-state index in [1.807, 2.05) is 6.92 Å². The van der Waals surface area contributed by atoms with Crippen LogP contribution in [0.25, 0.3) is 0 Å². The summed E-state index contributed by atoms with van der Waals surface area (Å²) in [6.45, 7) is 3.10. The van der Waals surface area contributed by atoms with Crippen LogP contribution in [0.1, 0.15) is 31.7 Å². The normalized spacial score (nSPS) is 25.7. The van der Waals surface area contributed by atoms with E-state index < -0.39 is 28.9 Å². The van der Waals surface area contributed by atoms with E-state index in [0.717, 1.165) is 6.07 Å². The van der Waals surface area contributed by atoms with Crippen molar-refractivity contribution in [3.05, 3.63) is 35.4 Å². The largest absolute Gasteiger partial charge is 0.481 e. The molecule has 2 aliphatic heterocycles. The Morgan fingerprint density at radius 1 is 1.27 bits per heavy atom. The van der Waals surface area contributed by atoms with E-state index in [1.165, 1.54) is 12.1 Å². The number of carbonyl (C=O) groups is 2. The number of benzene rings is 1. The van der Waals surface area contributed by atoms with Gasteiger partial charge in [0, 0.05) is 37.9 Å². The average molecular weight is 367 g/mol. The zero-order valence-corrected chi connectivity index (χ0v) is 14.7. The summed E-state index contributed by atoms with van der Waals surface area (Å²) in [5, 5.41) is 9.27. The summed E-state index contributed by atoms with van der Waals surface area (Å²) in [7, 11) is 0. The van der Waals surface area contributed by atoms with Gasteiger partial charge in [-0.25, -0.2) is 8.78 Å². The first-order valence-electron chi connectivity index (χ1n) is 8.90. The van der Waals surface area contributed by atoms with Gasteiger partial charge in [-0.3, -0.25) is 9.59 Å². The van der Waals surface area contributed by atoms with Crippen LogP contribution in [-0.2, 0) is 19.7 Å². The fourth-order valence-corrected chi connectivity index (χ4v) is 4.20. The van der Waals surface area contributed by atoms with Crippen LogP contribution >= 0.6 is 0 Å². The quantitative estimate of drug-likeness (QED) is 0.892. The van der Waals surface area contributed by atoms with Crippen LogP contribution in [0.15, 0.2) is 18.2 Å². The Balaban J connectivity index is 1.91. The second-order valence-electron chi connectivity index (χ2n) is 7.28. The van der Waals surface area contributed by atoms with Crippen molar-refractivity contribution >= 4 is 11.9 Å². The lowest BCUT2D eigenvalue weighted by molar-refractivity contribution is -0.151. The summed E-state index contributed by atoms with van der Waals surface area (Å²) in [4.78, 5) is 26.3. The molecule has 1 aromatic carbocycles. The van der Waals surface area contributed by atoms with Crippen LogP contribution in [0.4, 0.5) is 8.78 Å². The van der Waals surface area contributed by atoms with Crippen LogP contribution < -0.4 is 0 Å². The first kappa shape index (κ1) is 18.8. The number of piperidine rings is 1. The van der Waals surface area contributed by atoms with E-state index in [4.69, 9.17) is 4.74 Å². The molecule has 26 heavy (non-hydrogen) atoms. The Hall–Kier alpha value is -2.02. The van der Waals surface area contributed by atoms with Gasteiger partial charge in [0.05, 0.1) is 11.3 Å². The molecule has 3 rings (SSSR count). The Labute approximate surface area is 150 Å². The van der Waals surface area contributed by atoms with Gasteiger partial charge in [-0.2, -0.15) is 0 Å². The predicted octanol–water partition coefficient (Wildman–Crippen LogP) is 2.58. The molecule has 5 nitrogen and oxygen atoms in total. The highest BCUT2D eigenvalue weighted by molar-refractivity contribution is 5.89. The number of carboxylic acids is 1. The second kappa shape index (κ2) is 7.31. The van der Waals surface area contributed by atoms with Gasteiger partial charge in [-0.15, -0.1) is 0 Å². The second-order valence-corrected chi connectivity index (χ2v) is 7.28. The molecule has 1 aromatic rings. The Bertz CT molecular complexity index is 703. The fourth-order valence-electron chi connectivity index (χ4n) is 4.20. The van der Waals surface area contributed by atoms with Gasteiger partial charge in [0.2, 0.25) is 5.91 Å². The molecule has 0 bridgehead atoms. The summed E-state index contributed by atoms with van der Waals surface area (Å²) in [5.74, 6) is -3.14. The Kier molecular flexibility index (Phi) is 5.27. The lowest BCUT2D eigenvalue weighted by atomic mass is 9.72. The van der Waals surface area contributed by atoms with Crippen LogP contribution in [0.2, 0.25) is 0 Å². The molecule has 0 radical (unpaired) electrons. The fraction of sp³-hybridized carbons (Fsp3) is 0.579. The molecule has 0 saturated carbocycles. The van der Waals surface area contributed by atoms with E-state index in [0.29, 0.717) is 45.6 Å². The summed E-state index contributed by atoms with van der Waals surface area (Å²) in [5.41, 5.74) is -0.897. The smallest absolute Gasteiger partial charge is 0.306 e. The van der Waals surface area contributed by atoms with Gasteiger partial charge >= 0.3 is 5.97 Å². The molecule has 2 fully saturated rings. The molecule has 2 heterocycles. The van der Waals surface area contributed by atoms with Crippen LogP contribution in [0.5, 0.6) is 0 Å². The van der Waals surface area contributed by atoms with E-state index in [1.54, 1.807) is 4.90 Å². The summed E-state index contributed by atoms with van der Waals surface area (Å²) < 4.78 is 33.2. The maximum Gasteiger partial charge on any atom is 0.306 e. The van der Waals surface area contributed by atoms with E-state index in [-0.39, 0.29) is 17.4 Å². The van der Waals surface area contributed by atoms with Crippen molar-refractivity contribution in [1.29, 1.82) is 0 Å². The number of rotatable bonds is 3. The third-order valence-corrected chi connectivity index (χ3v) is 5.71. The zero-order chi connectivity index (χ0) is 18.9. The third-order valence-electron chi connectivity index (χ3n) is 5.71. The minimum Gasteiger partial charge on any atom is -0.481 e. The number of likely N-dealkylation sites (tertiary alicyclic amines) is 1. The van der Waals surface area contributed by atoms with Gasteiger partial charge in [0.25, 0.3) is 0 Å². The number of halogens is 2. The molecule has 2 aliphatic rings. The highest BCUT2D eigenvalue weighted by Gasteiger charge is 2.47. The number of hydrogen-bond acceptors (Lipinski definition) is 3.